The molecule has 0 aliphatic heterocycles. The highest BCUT2D eigenvalue weighted by atomic mass is 14.8. The molecule has 0 atom stereocenters. The number of nitrogens with zero attached hydrogens (tertiary/aromatic N) is 1. The van der Waals surface area contributed by atoms with E-state index in [9.17, 15) is 0 Å². The Hall–Kier alpha value is -2.93. The van der Waals surface area contributed by atoms with Crippen LogP contribution in [0.15, 0.2) is 96.0 Å². The summed E-state index contributed by atoms with van der Waals surface area (Å²) in [5.41, 5.74) is 6.23. The number of hydrogen-bond acceptors (Lipinski definition) is 1. The number of rotatable bonds is 3. The van der Waals surface area contributed by atoms with Crippen LogP contribution in [-0.4, -0.2) is 5.71 Å². The molecule has 1 aliphatic rings. The van der Waals surface area contributed by atoms with Gasteiger partial charge in [0.05, 0.1) is 0 Å². The first kappa shape index (κ1) is 14.6. The Bertz CT molecular complexity index is 837. The Morgan fingerprint density at radius 1 is 0.625 bits per heavy atom. The molecule has 4 rings (SSSR count). The third-order valence-corrected chi connectivity index (χ3v) is 4.41. The minimum atomic E-state index is 0.0392. The molecular formula is C23H19N. The molecule has 116 valence electrons. The number of benzene rings is 3. The van der Waals surface area contributed by atoms with Gasteiger partial charge in [-0.25, -0.2) is 0 Å². The third-order valence-electron chi connectivity index (χ3n) is 4.41. The zero-order chi connectivity index (χ0) is 16.2. The average molecular weight is 309 g/mol. The molecule has 0 unspecified atom stereocenters. The largest absolute Gasteiger partial charge is 0.277 e. The molecule has 0 saturated heterocycles. The Labute approximate surface area is 143 Å². The fourth-order valence-corrected chi connectivity index (χ4v) is 3.16. The summed E-state index contributed by atoms with van der Waals surface area (Å²) in [6, 6.07) is 29.6. The van der Waals surface area contributed by atoms with Gasteiger partial charge in [-0.3, -0.25) is 4.99 Å². The molecular weight excluding hydrogens is 290 g/mol. The van der Waals surface area contributed by atoms with E-state index >= 15 is 0 Å². The maximum absolute atomic E-state index is 5.10. The molecule has 0 aromatic heterocycles. The Morgan fingerprint density at radius 3 is 1.88 bits per heavy atom. The van der Waals surface area contributed by atoms with E-state index in [0.29, 0.717) is 0 Å². The fraction of sp³-hybridized carbons (Fsp3) is 0.0870. The number of aliphatic imine (C=N–C) groups is 1. The molecule has 3 aromatic rings. The van der Waals surface area contributed by atoms with Crippen molar-refractivity contribution in [1.29, 1.82) is 0 Å². The minimum Gasteiger partial charge on any atom is -0.277 e. The molecule has 0 bridgehead atoms. The van der Waals surface area contributed by atoms with E-state index in [1.54, 1.807) is 0 Å². The van der Waals surface area contributed by atoms with Crippen LogP contribution in [0.4, 0.5) is 0 Å². The first-order valence-corrected chi connectivity index (χ1v) is 8.33. The zero-order valence-corrected chi connectivity index (χ0v) is 13.5. The summed E-state index contributed by atoms with van der Waals surface area (Å²) in [6.45, 7) is 0. The molecule has 0 amide bonds. The molecule has 0 saturated carbocycles. The minimum absolute atomic E-state index is 0.0392. The van der Waals surface area contributed by atoms with E-state index in [-0.39, 0.29) is 6.04 Å². The Kier molecular flexibility index (Phi) is 4.07. The third kappa shape index (κ3) is 3.07. The molecule has 0 N–H and O–H groups in total. The predicted octanol–water partition coefficient (Wildman–Crippen LogP) is 5.49. The highest BCUT2D eigenvalue weighted by Crippen LogP contribution is 2.27. The smallest absolute Gasteiger partial charge is 0.100 e. The predicted molar refractivity (Wildman–Crippen MR) is 101 cm³/mol. The Morgan fingerprint density at radius 2 is 1.21 bits per heavy atom. The van der Waals surface area contributed by atoms with Gasteiger partial charge in [-0.05, 0) is 28.3 Å². The highest BCUT2D eigenvalue weighted by molar-refractivity contribution is 6.02. The summed E-state index contributed by atoms with van der Waals surface area (Å²) < 4.78 is 0. The quantitative estimate of drug-likeness (QED) is 0.607. The van der Waals surface area contributed by atoms with Gasteiger partial charge in [-0.2, -0.15) is 0 Å². The lowest BCUT2D eigenvalue weighted by molar-refractivity contribution is 0.869. The van der Waals surface area contributed by atoms with Crippen molar-refractivity contribution in [3.8, 4) is 0 Å². The average Bonchev–Trinajstić information content (AvgIpc) is 2.67. The van der Waals surface area contributed by atoms with E-state index in [1.165, 1.54) is 22.3 Å². The molecule has 0 spiro atoms. The van der Waals surface area contributed by atoms with Gasteiger partial charge in [0.2, 0.25) is 0 Å². The summed E-state index contributed by atoms with van der Waals surface area (Å²) >= 11 is 0. The van der Waals surface area contributed by atoms with Gasteiger partial charge in [0.1, 0.15) is 6.04 Å². The van der Waals surface area contributed by atoms with Gasteiger partial charge in [0.15, 0.2) is 0 Å². The normalized spacial score (nSPS) is 14.8. The lowest BCUT2D eigenvalue weighted by Gasteiger charge is -2.18. The van der Waals surface area contributed by atoms with E-state index in [4.69, 9.17) is 4.99 Å². The van der Waals surface area contributed by atoms with Gasteiger partial charge in [-0.15, -0.1) is 0 Å². The van der Waals surface area contributed by atoms with Crippen LogP contribution in [-0.2, 0) is 6.42 Å². The molecule has 1 aliphatic carbocycles. The molecule has 3 aromatic carbocycles. The van der Waals surface area contributed by atoms with Gasteiger partial charge >= 0.3 is 0 Å². The summed E-state index contributed by atoms with van der Waals surface area (Å²) in [5.74, 6) is 0. The van der Waals surface area contributed by atoms with Gasteiger partial charge < -0.3 is 0 Å². The van der Waals surface area contributed by atoms with Gasteiger partial charge in [0, 0.05) is 12.1 Å². The van der Waals surface area contributed by atoms with Crippen LogP contribution in [0.2, 0.25) is 0 Å². The second kappa shape index (κ2) is 6.67. The summed E-state index contributed by atoms with van der Waals surface area (Å²) in [4.78, 5) is 5.10. The van der Waals surface area contributed by atoms with Crippen molar-refractivity contribution in [2.75, 3.05) is 0 Å². The second-order valence-corrected chi connectivity index (χ2v) is 6.05. The van der Waals surface area contributed by atoms with Crippen molar-refractivity contribution in [1.82, 2.24) is 0 Å². The number of allylic oxidation sites excluding steroid dienone is 1. The summed E-state index contributed by atoms with van der Waals surface area (Å²) in [6.07, 6.45) is 5.22. The van der Waals surface area contributed by atoms with Crippen LogP contribution in [0, 0.1) is 0 Å². The fourth-order valence-electron chi connectivity index (χ4n) is 3.16. The van der Waals surface area contributed by atoms with Crippen LogP contribution >= 0.6 is 0 Å². The second-order valence-electron chi connectivity index (χ2n) is 6.05. The van der Waals surface area contributed by atoms with Crippen LogP contribution in [0.3, 0.4) is 0 Å². The number of hydrogen-bond donors (Lipinski definition) is 0. The molecule has 0 heterocycles. The monoisotopic (exact) mass is 309 g/mol. The van der Waals surface area contributed by atoms with E-state index in [0.717, 1.165) is 12.1 Å². The van der Waals surface area contributed by atoms with Crippen molar-refractivity contribution in [3.63, 3.8) is 0 Å². The van der Waals surface area contributed by atoms with E-state index < -0.39 is 0 Å². The van der Waals surface area contributed by atoms with Crippen LogP contribution in [0.25, 0.3) is 6.08 Å². The lowest BCUT2D eigenvalue weighted by Crippen LogP contribution is -2.09. The van der Waals surface area contributed by atoms with Crippen molar-refractivity contribution in [2.24, 2.45) is 4.99 Å². The van der Waals surface area contributed by atoms with Crippen molar-refractivity contribution in [3.05, 3.63) is 113 Å². The van der Waals surface area contributed by atoms with Crippen LogP contribution in [0.1, 0.15) is 28.3 Å². The summed E-state index contributed by atoms with van der Waals surface area (Å²) in [7, 11) is 0. The van der Waals surface area contributed by atoms with E-state index in [1.807, 2.05) is 0 Å². The van der Waals surface area contributed by atoms with Gasteiger partial charge in [-0.1, -0.05) is 91.0 Å². The van der Waals surface area contributed by atoms with E-state index in [2.05, 4.69) is 97.1 Å². The molecule has 0 fully saturated rings. The maximum atomic E-state index is 5.10. The molecule has 1 nitrogen and oxygen atoms in total. The van der Waals surface area contributed by atoms with Gasteiger partial charge in [0.25, 0.3) is 0 Å². The lowest BCUT2D eigenvalue weighted by atomic mass is 9.94. The zero-order valence-electron chi connectivity index (χ0n) is 13.5. The van der Waals surface area contributed by atoms with Crippen molar-refractivity contribution in [2.45, 2.75) is 12.5 Å². The SMILES string of the molecule is C1=Cc2ccccc2C/C1=N\C(c1ccccc1)c1ccccc1. The number of fused-ring (bicyclic) bond motifs is 1. The van der Waals surface area contributed by atoms with Crippen LogP contribution in [0.5, 0.6) is 0 Å². The standard InChI is InChI=1S/C23H19N/c1-3-10-19(11-4-1)23(20-12-5-2-6-13-20)24-22-16-15-18-9-7-8-14-21(18)17-22/h1-16,23H,17H2/b24-22-. The highest BCUT2D eigenvalue weighted by Gasteiger charge is 2.15. The maximum Gasteiger partial charge on any atom is 0.100 e. The summed E-state index contributed by atoms with van der Waals surface area (Å²) in [5, 5.41) is 0. The molecule has 24 heavy (non-hydrogen) atoms. The van der Waals surface area contributed by atoms with Crippen LogP contribution < -0.4 is 0 Å². The first-order valence-electron chi connectivity index (χ1n) is 8.33. The Balaban J connectivity index is 1.73. The van der Waals surface area contributed by atoms with Crippen molar-refractivity contribution < 1.29 is 0 Å². The molecule has 1 heteroatoms. The topological polar surface area (TPSA) is 12.4 Å². The van der Waals surface area contributed by atoms with Crippen molar-refractivity contribution >= 4 is 11.8 Å². The molecule has 0 radical (unpaired) electrons. The first-order chi connectivity index (χ1) is 11.9.